The summed E-state index contributed by atoms with van der Waals surface area (Å²) in [6.07, 6.45) is 0. The quantitative estimate of drug-likeness (QED) is 0.838. The minimum Gasteiger partial charge on any atom is -0.497 e. The first kappa shape index (κ1) is 11.4. The van der Waals surface area contributed by atoms with Gasteiger partial charge in [-0.2, -0.15) is 0 Å². The zero-order valence-electron chi connectivity index (χ0n) is 10.1. The van der Waals surface area contributed by atoms with Crippen molar-refractivity contribution in [2.75, 3.05) is 33.3 Å². The maximum Gasteiger partial charge on any atom is 0.119 e. The normalized spacial score (nSPS) is 19.4. The van der Waals surface area contributed by atoms with Crippen LogP contribution in [0.1, 0.15) is 18.5 Å². The third kappa shape index (κ3) is 2.54. The number of nitrogens with zero attached hydrogens (tertiary/aromatic N) is 1. The molecule has 1 saturated heterocycles. The molecule has 1 aliphatic rings. The standard InChI is InChI=1S/C13H20N2O/c1-11(15-8-6-14-7-9-15)12-4-3-5-13(10-12)16-2/h3-5,10-11,14H,6-9H2,1-2H3/t11-/m1/s1. The number of ether oxygens (including phenoxy) is 1. The van der Waals surface area contributed by atoms with Gasteiger partial charge in [0.1, 0.15) is 5.75 Å². The second-order valence-electron chi connectivity index (χ2n) is 4.24. The summed E-state index contributed by atoms with van der Waals surface area (Å²) in [5.41, 5.74) is 1.33. The van der Waals surface area contributed by atoms with Gasteiger partial charge in [0.2, 0.25) is 0 Å². The fourth-order valence-electron chi connectivity index (χ4n) is 2.18. The topological polar surface area (TPSA) is 24.5 Å². The van der Waals surface area contributed by atoms with Crippen LogP contribution in [0.25, 0.3) is 0 Å². The number of hydrogen-bond acceptors (Lipinski definition) is 3. The molecule has 1 atom stereocenters. The molecule has 3 heteroatoms. The van der Waals surface area contributed by atoms with Crippen LogP contribution in [0.2, 0.25) is 0 Å². The molecule has 16 heavy (non-hydrogen) atoms. The van der Waals surface area contributed by atoms with Gasteiger partial charge in [0.25, 0.3) is 0 Å². The molecule has 1 aromatic rings. The SMILES string of the molecule is COc1cccc([C@@H](C)N2CCNCC2)c1. The van der Waals surface area contributed by atoms with Gasteiger partial charge in [-0.3, -0.25) is 4.90 Å². The van der Waals surface area contributed by atoms with Crippen LogP contribution in [0.5, 0.6) is 5.75 Å². The molecule has 88 valence electrons. The molecule has 0 spiro atoms. The van der Waals surface area contributed by atoms with Crippen molar-refractivity contribution in [3.8, 4) is 5.75 Å². The van der Waals surface area contributed by atoms with E-state index in [1.165, 1.54) is 5.56 Å². The number of hydrogen-bond donors (Lipinski definition) is 1. The lowest BCUT2D eigenvalue weighted by atomic mass is 10.1. The summed E-state index contributed by atoms with van der Waals surface area (Å²) in [5.74, 6) is 0.944. The monoisotopic (exact) mass is 220 g/mol. The Morgan fingerprint density at radius 1 is 1.31 bits per heavy atom. The average Bonchev–Trinajstić information content (AvgIpc) is 2.39. The molecule has 0 aromatic heterocycles. The predicted octanol–water partition coefficient (Wildman–Crippen LogP) is 1.66. The number of benzene rings is 1. The highest BCUT2D eigenvalue weighted by atomic mass is 16.5. The summed E-state index contributed by atoms with van der Waals surface area (Å²) in [6.45, 7) is 6.69. The Balaban J connectivity index is 2.09. The molecule has 0 aliphatic carbocycles. The molecular weight excluding hydrogens is 200 g/mol. The third-order valence-electron chi connectivity index (χ3n) is 3.28. The minimum absolute atomic E-state index is 0.470. The predicted molar refractivity (Wildman–Crippen MR) is 65.9 cm³/mol. The lowest BCUT2D eigenvalue weighted by Crippen LogP contribution is -2.44. The molecular formula is C13H20N2O. The Hall–Kier alpha value is -1.06. The van der Waals surface area contributed by atoms with E-state index in [0.717, 1.165) is 31.9 Å². The number of methoxy groups -OCH3 is 1. The van der Waals surface area contributed by atoms with Crippen LogP contribution < -0.4 is 10.1 Å². The summed E-state index contributed by atoms with van der Waals surface area (Å²) in [7, 11) is 1.72. The highest BCUT2D eigenvalue weighted by molar-refractivity contribution is 5.30. The van der Waals surface area contributed by atoms with Crippen LogP contribution >= 0.6 is 0 Å². The van der Waals surface area contributed by atoms with E-state index in [0.29, 0.717) is 6.04 Å². The molecule has 2 rings (SSSR count). The summed E-state index contributed by atoms with van der Waals surface area (Å²) in [5, 5.41) is 3.38. The fraction of sp³-hybridized carbons (Fsp3) is 0.538. The Kier molecular flexibility index (Phi) is 3.80. The Morgan fingerprint density at radius 2 is 2.06 bits per heavy atom. The Bertz CT molecular complexity index is 334. The first-order chi connectivity index (χ1) is 7.81. The van der Waals surface area contributed by atoms with Crippen LogP contribution in [0.15, 0.2) is 24.3 Å². The molecule has 0 saturated carbocycles. The van der Waals surface area contributed by atoms with Gasteiger partial charge in [0, 0.05) is 32.2 Å². The summed E-state index contributed by atoms with van der Waals surface area (Å²) in [6, 6.07) is 8.83. The van der Waals surface area contributed by atoms with Crippen LogP contribution in [0.4, 0.5) is 0 Å². The highest BCUT2D eigenvalue weighted by Crippen LogP contribution is 2.23. The van der Waals surface area contributed by atoms with E-state index in [2.05, 4.69) is 35.3 Å². The third-order valence-corrected chi connectivity index (χ3v) is 3.28. The van der Waals surface area contributed by atoms with E-state index in [9.17, 15) is 0 Å². The lowest BCUT2D eigenvalue weighted by Gasteiger charge is -2.33. The largest absolute Gasteiger partial charge is 0.497 e. The molecule has 1 fully saturated rings. The second kappa shape index (κ2) is 5.32. The molecule has 0 radical (unpaired) electrons. The molecule has 1 N–H and O–H groups in total. The van der Waals surface area contributed by atoms with Crippen LogP contribution in [0.3, 0.4) is 0 Å². The molecule has 0 amide bonds. The van der Waals surface area contributed by atoms with Crippen molar-refractivity contribution in [3.63, 3.8) is 0 Å². The number of piperazine rings is 1. The maximum atomic E-state index is 5.26. The summed E-state index contributed by atoms with van der Waals surface area (Å²) in [4.78, 5) is 2.51. The van der Waals surface area contributed by atoms with E-state index in [1.807, 2.05) is 6.07 Å². The van der Waals surface area contributed by atoms with Gasteiger partial charge in [-0.05, 0) is 24.6 Å². The number of nitrogens with one attached hydrogen (secondary N) is 1. The van der Waals surface area contributed by atoms with Crippen molar-refractivity contribution < 1.29 is 4.74 Å². The van der Waals surface area contributed by atoms with Crippen molar-refractivity contribution >= 4 is 0 Å². The van der Waals surface area contributed by atoms with Crippen LogP contribution in [-0.4, -0.2) is 38.2 Å². The smallest absolute Gasteiger partial charge is 0.119 e. The zero-order chi connectivity index (χ0) is 11.4. The van der Waals surface area contributed by atoms with Gasteiger partial charge in [-0.25, -0.2) is 0 Å². The maximum absolute atomic E-state index is 5.26. The molecule has 1 aromatic carbocycles. The van der Waals surface area contributed by atoms with Crippen molar-refractivity contribution in [3.05, 3.63) is 29.8 Å². The summed E-state index contributed by atoms with van der Waals surface area (Å²) < 4.78 is 5.26. The molecule has 1 heterocycles. The average molecular weight is 220 g/mol. The first-order valence-corrected chi connectivity index (χ1v) is 5.90. The fourth-order valence-corrected chi connectivity index (χ4v) is 2.18. The highest BCUT2D eigenvalue weighted by Gasteiger charge is 2.17. The van der Waals surface area contributed by atoms with E-state index in [-0.39, 0.29) is 0 Å². The van der Waals surface area contributed by atoms with E-state index >= 15 is 0 Å². The van der Waals surface area contributed by atoms with E-state index in [1.54, 1.807) is 7.11 Å². The van der Waals surface area contributed by atoms with E-state index < -0.39 is 0 Å². The minimum atomic E-state index is 0.470. The zero-order valence-corrected chi connectivity index (χ0v) is 10.1. The van der Waals surface area contributed by atoms with E-state index in [4.69, 9.17) is 4.74 Å². The van der Waals surface area contributed by atoms with Crippen molar-refractivity contribution in [1.82, 2.24) is 10.2 Å². The van der Waals surface area contributed by atoms with Crippen molar-refractivity contribution in [2.45, 2.75) is 13.0 Å². The van der Waals surface area contributed by atoms with Crippen LogP contribution in [0, 0.1) is 0 Å². The van der Waals surface area contributed by atoms with Crippen LogP contribution in [-0.2, 0) is 0 Å². The molecule has 1 aliphatic heterocycles. The number of rotatable bonds is 3. The Labute approximate surface area is 97.4 Å². The van der Waals surface area contributed by atoms with Crippen molar-refractivity contribution in [1.29, 1.82) is 0 Å². The van der Waals surface area contributed by atoms with Gasteiger partial charge in [-0.15, -0.1) is 0 Å². The van der Waals surface area contributed by atoms with Crippen molar-refractivity contribution in [2.24, 2.45) is 0 Å². The Morgan fingerprint density at radius 3 is 2.75 bits per heavy atom. The van der Waals surface area contributed by atoms with Gasteiger partial charge < -0.3 is 10.1 Å². The molecule has 0 bridgehead atoms. The molecule has 0 unspecified atom stereocenters. The lowest BCUT2D eigenvalue weighted by molar-refractivity contribution is 0.185. The van der Waals surface area contributed by atoms with Gasteiger partial charge in [0.05, 0.1) is 7.11 Å². The second-order valence-corrected chi connectivity index (χ2v) is 4.24. The first-order valence-electron chi connectivity index (χ1n) is 5.90. The van der Waals surface area contributed by atoms with Gasteiger partial charge in [-0.1, -0.05) is 12.1 Å². The van der Waals surface area contributed by atoms with Gasteiger partial charge in [0.15, 0.2) is 0 Å². The van der Waals surface area contributed by atoms with Gasteiger partial charge >= 0.3 is 0 Å². The summed E-state index contributed by atoms with van der Waals surface area (Å²) >= 11 is 0. The molecule has 3 nitrogen and oxygen atoms in total.